The van der Waals surface area contributed by atoms with Gasteiger partial charge in [-0.3, -0.25) is 4.98 Å². The number of nitrogens with zero attached hydrogens (tertiary/aromatic N) is 1. The van der Waals surface area contributed by atoms with Gasteiger partial charge < -0.3 is 4.42 Å². The minimum Gasteiger partial charge on any atom is -0.462 e. The first-order valence-electron chi connectivity index (χ1n) is 4.98. The first kappa shape index (κ1) is 9.36. The van der Waals surface area contributed by atoms with E-state index < -0.39 is 0 Å². The van der Waals surface area contributed by atoms with Gasteiger partial charge in [0.15, 0.2) is 5.76 Å². The second-order valence-electron chi connectivity index (χ2n) is 3.36. The molecule has 0 fully saturated rings. The summed E-state index contributed by atoms with van der Waals surface area (Å²) in [6, 6.07) is 11.9. The molecule has 0 atom stereocenters. The number of thiophene rings is 1. The second kappa shape index (κ2) is 3.94. The van der Waals surface area contributed by atoms with E-state index in [1.165, 1.54) is 4.88 Å². The fourth-order valence-electron chi connectivity index (χ4n) is 1.63. The van der Waals surface area contributed by atoms with E-state index in [9.17, 15) is 0 Å². The van der Waals surface area contributed by atoms with Crippen LogP contribution in [-0.4, -0.2) is 4.98 Å². The minimum absolute atomic E-state index is 0.836. The number of furan rings is 1. The molecular weight excluding hydrogens is 218 g/mol. The lowest BCUT2D eigenvalue weighted by Crippen LogP contribution is -1.80. The predicted octanol–water partition coefficient (Wildman–Crippen LogP) is 4.07. The van der Waals surface area contributed by atoms with Crippen LogP contribution < -0.4 is 0 Å². The van der Waals surface area contributed by atoms with E-state index in [2.05, 4.69) is 16.4 Å². The average Bonchev–Trinajstić information content (AvgIpc) is 3.01. The lowest BCUT2D eigenvalue weighted by atomic mass is 10.1. The van der Waals surface area contributed by atoms with Crippen LogP contribution in [0.2, 0.25) is 0 Å². The highest BCUT2D eigenvalue weighted by Crippen LogP contribution is 2.34. The van der Waals surface area contributed by atoms with Crippen LogP contribution in [0, 0.1) is 0 Å². The van der Waals surface area contributed by atoms with Crippen molar-refractivity contribution in [3.63, 3.8) is 0 Å². The van der Waals surface area contributed by atoms with Crippen LogP contribution in [0.4, 0.5) is 0 Å². The molecule has 0 aromatic carbocycles. The van der Waals surface area contributed by atoms with Gasteiger partial charge in [-0.2, -0.15) is 0 Å². The maximum atomic E-state index is 5.52. The van der Waals surface area contributed by atoms with Crippen LogP contribution in [-0.2, 0) is 0 Å². The van der Waals surface area contributed by atoms with Crippen LogP contribution >= 0.6 is 11.3 Å². The molecule has 0 radical (unpaired) electrons. The van der Waals surface area contributed by atoms with Crippen molar-refractivity contribution in [2.24, 2.45) is 0 Å². The van der Waals surface area contributed by atoms with Crippen molar-refractivity contribution in [1.29, 1.82) is 0 Å². The zero-order chi connectivity index (χ0) is 10.8. The van der Waals surface area contributed by atoms with Gasteiger partial charge in [0, 0.05) is 16.6 Å². The molecule has 0 spiro atoms. The summed E-state index contributed by atoms with van der Waals surface area (Å²) in [5, 5.41) is 2.06. The Bertz CT molecular complexity index is 569. The fourth-order valence-corrected chi connectivity index (χ4v) is 2.38. The standard InChI is InChI=1S/C13H9NOS/c1-2-7-14-11(4-1)13-10(6-8-15-13)12-5-3-9-16-12/h1-9H. The topological polar surface area (TPSA) is 26.0 Å². The highest BCUT2D eigenvalue weighted by Gasteiger charge is 2.11. The molecular formula is C13H9NOS. The van der Waals surface area contributed by atoms with E-state index >= 15 is 0 Å². The Morgan fingerprint density at radius 1 is 1.06 bits per heavy atom. The maximum Gasteiger partial charge on any atom is 0.160 e. The summed E-state index contributed by atoms with van der Waals surface area (Å²) in [7, 11) is 0. The summed E-state index contributed by atoms with van der Waals surface area (Å²) in [6.07, 6.45) is 3.48. The van der Waals surface area contributed by atoms with Gasteiger partial charge in [-0.25, -0.2) is 0 Å². The molecule has 3 rings (SSSR count). The lowest BCUT2D eigenvalue weighted by Gasteiger charge is -1.98. The van der Waals surface area contributed by atoms with Gasteiger partial charge in [0.25, 0.3) is 0 Å². The summed E-state index contributed by atoms with van der Waals surface area (Å²) in [4.78, 5) is 5.51. The largest absolute Gasteiger partial charge is 0.462 e. The van der Waals surface area contributed by atoms with Crippen molar-refractivity contribution < 1.29 is 4.42 Å². The van der Waals surface area contributed by atoms with E-state index in [1.54, 1.807) is 23.8 Å². The van der Waals surface area contributed by atoms with E-state index in [4.69, 9.17) is 4.42 Å². The SMILES string of the molecule is c1ccc(-c2occc2-c2cccs2)nc1. The molecule has 0 aliphatic heterocycles. The molecule has 16 heavy (non-hydrogen) atoms. The predicted molar refractivity (Wildman–Crippen MR) is 65.3 cm³/mol. The van der Waals surface area contributed by atoms with Crippen molar-refractivity contribution >= 4 is 11.3 Å². The molecule has 0 saturated heterocycles. The van der Waals surface area contributed by atoms with Crippen LogP contribution in [0.15, 0.2) is 58.7 Å². The van der Waals surface area contributed by atoms with Crippen LogP contribution in [0.25, 0.3) is 21.9 Å². The minimum atomic E-state index is 0.836. The third-order valence-electron chi connectivity index (χ3n) is 2.35. The molecule has 0 bridgehead atoms. The Balaban J connectivity index is 2.14. The molecule has 0 unspecified atom stereocenters. The van der Waals surface area contributed by atoms with E-state index in [-0.39, 0.29) is 0 Å². The summed E-state index contributed by atoms with van der Waals surface area (Å²) in [5.74, 6) is 0.836. The number of rotatable bonds is 2. The average molecular weight is 227 g/mol. The number of pyridine rings is 1. The van der Waals surface area contributed by atoms with E-state index in [0.717, 1.165) is 17.0 Å². The Morgan fingerprint density at radius 2 is 2.06 bits per heavy atom. The smallest absolute Gasteiger partial charge is 0.160 e. The van der Waals surface area contributed by atoms with Gasteiger partial charge in [-0.05, 0) is 29.6 Å². The Hall–Kier alpha value is -1.87. The van der Waals surface area contributed by atoms with Gasteiger partial charge in [0.05, 0.1) is 6.26 Å². The summed E-state index contributed by atoms with van der Waals surface area (Å²) < 4.78 is 5.52. The van der Waals surface area contributed by atoms with E-state index in [1.807, 2.05) is 30.3 Å². The van der Waals surface area contributed by atoms with Crippen molar-refractivity contribution in [3.05, 3.63) is 54.2 Å². The second-order valence-corrected chi connectivity index (χ2v) is 4.30. The molecule has 0 aliphatic rings. The van der Waals surface area contributed by atoms with Gasteiger partial charge in [-0.15, -0.1) is 11.3 Å². The van der Waals surface area contributed by atoms with Crippen molar-refractivity contribution in [3.8, 4) is 21.9 Å². The van der Waals surface area contributed by atoms with Crippen LogP contribution in [0.5, 0.6) is 0 Å². The third kappa shape index (κ3) is 1.55. The Morgan fingerprint density at radius 3 is 2.81 bits per heavy atom. The Labute approximate surface area is 97.2 Å². The summed E-state index contributed by atoms with van der Waals surface area (Å²) >= 11 is 1.70. The first-order chi connectivity index (χ1) is 7.95. The molecule has 0 N–H and O–H groups in total. The summed E-state index contributed by atoms with van der Waals surface area (Å²) in [5.41, 5.74) is 1.98. The quantitative estimate of drug-likeness (QED) is 0.659. The third-order valence-corrected chi connectivity index (χ3v) is 3.25. The van der Waals surface area contributed by atoms with Crippen LogP contribution in [0.1, 0.15) is 0 Å². The number of aromatic nitrogens is 1. The van der Waals surface area contributed by atoms with Crippen molar-refractivity contribution in [2.75, 3.05) is 0 Å². The van der Waals surface area contributed by atoms with Gasteiger partial charge in [-0.1, -0.05) is 12.1 Å². The Kier molecular flexibility index (Phi) is 2.31. The highest BCUT2D eigenvalue weighted by atomic mass is 32.1. The fraction of sp³-hybridized carbons (Fsp3) is 0. The van der Waals surface area contributed by atoms with Gasteiger partial charge in [0.1, 0.15) is 5.69 Å². The summed E-state index contributed by atoms with van der Waals surface area (Å²) in [6.45, 7) is 0. The molecule has 3 heterocycles. The molecule has 78 valence electrons. The van der Waals surface area contributed by atoms with Crippen molar-refractivity contribution in [1.82, 2.24) is 4.98 Å². The molecule has 2 nitrogen and oxygen atoms in total. The lowest BCUT2D eigenvalue weighted by molar-refractivity contribution is 0.581. The van der Waals surface area contributed by atoms with Gasteiger partial charge in [0.2, 0.25) is 0 Å². The number of hydrogen-bond donors (Lipinski definition) is 0. The zero-order valence-corrected chi connectivity index (χ0v) is 9.28. The molecule has 0 amide bonds. The normalized spacial score (nSPS) is 10.5. The zero-order valence-electron chi connectivity index (χ0n) is 8.46. The molecule has 0 aliphatic carbocycles. The van der Waals surface area contributed by atoms with Crippen LogP contribution in [0.3, 0.4) is 0 Å². The van der Waals surface area contributed by atoms with Gasteiger partial charge >= 0.3 is 0 Å². The number of hydrogen-bond acceptors (Lipinski definition) is 3. The molecule has 3 aromatic heterocycles. The monoisotopic (exact) mass is 227 g/mol. The van der Waals surface area contributed by atoms with Crippen molar-refractivity contribution in [2.45, 2.75) is 0 Å². The molecule has 0 saturated carbocycles. The van der Waals surface area contributed by atoms with E-state index in [0.29, 0.717) is 0 Å². The molecule has 3 heteroatoms. The maximum absolute atomic E-state index is 5.52. The first-order valence-corrected chi connectivity index (χ1v) is 5.86. The molecule has 3 aromatic rings. The highest BCUT2D eigenvalue weighted by molar-refractivity contribution is 7.13.